The maximum Gasteiger partial charge on any atom is 0.191 e. The van der Waals surface area contributed by atoms with Gasteiger partial charge in [-0.2, -0.15) is 0 Å². The number of hydrogen-bond donors (Lipinski definition) is 1. The molecule has 1 saturated heterocycles. The molecule has 1 aromatic carbocycles. The molecule has 3 aromatic rings. The maximum absolute atomic E-state index is 14.5. The third kappa shape index (κ3) is 3.79. The summed E-state index contributed by atoms with van der Waals surface area (Å²) in [6.45, 7) is 3.95. The van der Waals surface area contributed by atoms with Gasteiger partial charge in [-0.15, -0.1) is 0 Å². The number of anilines is 1. The van der Waals surface area contributed by atoms with Crippen molar-refractivity contribution in [3.8, 4) is 11.3 Å². The molecule has 2 aromatic heterocycles. The number of hydrazine groups is 1. The van der Waals surface area contributed by atoms with E-state index in [4.69, 9.17) is 4.42 Å². The van der Waals surface area contributed by atoms with E-state index in [1.165, 1.54) is 6.07 Å². The summed E-state index contributed by atoms with van der Waals surface area (Å²) in [5, 5.41) is 3.37. The number of likely N-dealkylation sites (tertiary alicyclic amines) is 1. The molecule has 0 aliphatic carbocycles. The Morgan fingerprint density at radius 2 is 2.00 bits per heavy atom. The zero-order chi connectivity index (χ0) is 19.0. The van der Waals surface area contributed by atoms with Crippen molar-refractivity contribution in [2.45, 2.75) is 25.8 Å². The van der Waals surface area contributed by atoms with Crippen molar-refractivity contribution in [2.24, 2.45) is 0 Å². The van der Waals surface area contributed by atoms with Crippen LogP contribution in [0.25, 0.3) is 22.1 Å². The highest BCUT2D eigenvalue weighted by molar-refractivity contribution is 5.88. The summed E-state index contributed by atoms with van der Waals surface area (Å²) < 4.78 is 20.1. The second-order valence-corrected chi connectivity index (χ2v) is 7.25. The van der Waals surface area contributed by atoms with Crippen LogP contribution < -0.4 is 5.43 Å². The molecule has 0 spiro atoms. The van der Waals surface area contributed by atoms with Gasteiger partial charge in [-0.1, -0.05) is 0 Å². The quantitative estimate of drug-likeness (QED) is 0.701. The molecule has 0 bridgehead atoms. The number of halogens is 1. The molecular weight excluding hydrogens is 345 g/mol. The fraction of sp³-hybridized carbons (Fsp3) is 0.400. The van der Waals surface area contributed by atoms with Crippen molar-refractivity contribution in [1.82, 2.24) is 19.9 Å². The summed E-state index contributed by atoms with van der Waals surface area (Å²) in [6.07, 6.45) is 5.41. The van der Waals surface area contributed by atoms with Gasteiger partial charge in [0.05, 0.1) is 6.20 Å². The molecule has 1 aliphatic rings. The van der Waals surface area contributed by atoms with Crippen LogP contribution in [-0.2, 0) is 0 Å². The molecule has 144 valence electrons. The highest BCUT2D eigenvalue weighted by Crippen LogP contribution is 2.28. The van der Waals surface area contributed by atoms with E-state index in [-0.39, 0.29) is 7.24 Å². The minimum atomic E-state index is -0.320. The van der Waals surface area contributed by atoms with Crippen molar-refractivity contribution < 1.29 is 10.2 Å². The number of fused-ring (bicyclic) bond motifs is 1. The van der Waals surface area contributed by atoms with E-state index in [1.807, 2.05) is 19.2 Å². The number of aromatic nitrogens is 2. The average molecular weight is 371 g/mol. The molecule has 3 heterocycles. The summed E-state index contributed by atoms with van der Waals surface area (Å²) in [7, 11) is 4.19. The van der Waals surface area contributed by atoms with Crippen molar-refractivity contribution in [1.29, 1.82) is 0 Å². The monoisotopic (exact) mass is 371 g/mol. The first kappa shape index (κ1) is 17.9. The van der Waals surface area contributed by atoms with Crippen LogP contribution in [0.5, 0.6) is 0 Å². The van der Waals surface area contributed by atoms with Crippen LogP contribution in [0.1, 0.15) is 20.2 Å². The van der Waals surface area contributed by atoms with Crippen molar-refractivity contribution in [2.75, 3.05) is 32.6 Å². The largest absolute Gasteiger partial charge is 0.441 e. The number of piperidine rings is 1. The number of hydrogen-bond acceptors (Lipinski definition) is 6. The van der Waals surface area contributed by atoms with E-state index in [0.717, 1.165) is 31.3 Å². The van der Waals surface area contributed by atoms with Gasteiger partial charge in [-0.25, -0.2) is 19.4 Å². The molecule has 0 amide bonds. The number of nitrogens with one attached hydrogen (secondary N) is 1. The molecule has 1 fully saturated rings. The van der Waals surface area contributed by atoms with Crippen LogP contribution in [0.4, 0.5) is 10.2 Å². The predicted octanol–water partition coefficient (Wildman–Crippen LogP) is 3.94. The molecule has 1 aliphatic heterocycles. The Kier molecular flexibility index (Phi) is 4.80. The SMILES string of the molecule is Cc1ncc(-c2cc(F)c3cnc(NN(C)C4CCN(C)CC4)cc3c2)o1.[HH]. The molecule has 27 heavy (non-hydrogen) atoms. The first-order valence-corrected chi connectivity index (χ1v) is 9.20. The molecule has 0 radical (unpaired) electrons. The van der Waals surface area contributed by atoms with Gasteiger partial charge >= 0.3 is 0 Å². The van der Waals surface area contributed by atoms with Crippen LogP contribution in [0, 0.1) is 12.7 Å². The maximum atomic E-state index is 14.5. The lowest BCUT2D eigenvalue weighted by molar-refractivity contribution is 0.164. The number of pyridine rings is 1. The van der Waals surface area contributed by atoms with Gasteiger partial charge in [-0.3, -0.25) is 0 Å². The van der Waals surface area contributed by atoms with E-state index < -0.39 is 0 Å². The molecule has 7 heteroatoms. The number of oxazole rings is 1. The Balaban J connectivity index is 0.00000225. The highest BCUT2D eigenvalue weighted by atomic mass is 19.1. The summed E-state index contributed by atoms with van der Waals surface area (Å²) in [4.78, 5) is 10.8. The topological polar surface area (TPSA) is 57.4 Å². The third-order valence-corrected chi connectivity index (χ3v) is 5.22. The minimum Gasteiger partial charge on any atom is -0.441 e. The van der Waals surface area contributed by atoms with E-state index in [2.05, 4.69) is 32.4 Å². The summed E-state index contributed by atoms with van der Waals surface area (Å²) in [5.41, 5.74) is 4.01. The summed E-state index contributed by atoms with van der Waals surface area (Å²) >= 11 is 0. The lowest BCUT2D eigenvalue weighted by Crippen LogP contribution is -2.44. The summed E-state index contributed by atoms with van der Waals surface area (Å²) in [6, 6.07) is 5.69. The molecule has 0 atom stereocenters. The Morgan fingerprint density at radius 1 is 1.22 bits per heavy atom. The second-order valence-electron chi connectivity index (χ2n) is 7.25. The first-order chi connectivity index (χ1) is 13.0. The third-order valence-electron chi connectivity index (χ3n) is 5.22. The number of aryl methyl sites for hydroxylation is 1. The molecule has 1 N–H and O–H groups in total. The zero-order valence-electron chi connectivity index (χ0n) is 15.9. The molecule has 4 rings (SSSR count). The molecule has 6 nitrogen and oxygen atoms in total. The normalized spacial score (nSPS) is 16.3. The molecule has 0 saturated carbocycles. The standard InChI is InChI=1S/C20H24FN5O.H2/c1-13-22-12-19(27-13)15-8-14-10-20(23-11-17(14)18(21)9-15)24-26(3)16-4-6-25(2)7-5-16;/h8-12,16H,4-7H2,1-3H3,(H,23,24);1H. The lowest BCUT2D eigenvalue weighted by Gasteiger charge is -2.35. The predicted molar refractivity (Wildman–Crippen MR) is 106 cm³/mol. The van der Waals surface area contributed by atoms with E-state index in [0.29, 0.717) is 34.5 Å². The van der Waals surface area contributed by atoms with Crippen molar-refractivity contribution >= 4 is 16.6 Å². The van der Waals surface area contributed by atoms with Crippen LogP contribution in [-0.4, -0.2) is 53.1 Å². The number of rotatable bonds is 4. The fourth-order valence-electron chi connectivity index (χ4n) is 3.57. The molecular formula is C20H26FN5O. The van der Waals surface area contributed by atoms with Crippen LogP contribution in [0.2, 0.25) is 0 Å². The summed E-state index contributed by atoms with van der Waals surface area (Å²) in [5.74, 6) is 1.50. The van der Waals surface area contributed by atoms with E-state index in [9.17, 15) is 4.39 Å². The second kappa shape index (κ2) is 7.25. The van der Waals surface area contributed by atoms with Crippen molar-refractivity contribution in [3.05, 3.63) is 42.3 Å². The van der Waals surface area contributed by atoms with Gasteiger partial charge < -0.3 is 14.7 Å². The minimum absolute atomic E-state index is 0. The van der Waals surface area contributed by atoms with Gasteiger partial charge in [0.15, 0.2) is 11.7 Å². The van der Waals surface area contributed by atoms with Gasteiger partial charge in [0.2, 0.25) is 0 Å². The van der Waals surface area contributed by atoms with E-state index >= 15 is 0 Å². The lowest BCUT2D eigenvalue weighted by atomic mass is 10.1. The average Bonchev–Trinajstić information content (AvgIpc) is 3.08. The zero-order valence-corrected chi connectivity index (χ0v) is 15.9. The number of nitrogens with zero attached hydrogens (tertiary/aromatic N) is 4. The smallest absolute Gasteiger partial charge is 0.191 e. The number of benzene rings is 1. The molecule has 0 unspecified atom stereocenters. The van der Waals surface area contributed by atoms with E-state index in [1.54, 1.807) is 19.3 Å². The Morgan fingerprint density at radius 3 is 2.70 bits per heavy atom. The van der Waals surface area contributed by atoms with Crippen molar-refractivity contribution in [3.63, 3.8) is 0 Å². The highest BCUT2D eigenvalue weighted by Gasteiger charge is 2.21. The van der Waals surface area contributed by atoms with Crippen LogP contribution >= 0.6 is 0 Å². The first-order valence-electron chi connectivity index (χ1n) is 9.20. The van der Waals surface area contributed by atoms with Crippen LogP contribution in [0.15, 0.2) is 35.0 Å². The van der Waals surface area contributed by atoms with Gasteiger partial charge in [0, 0.05) is 38.6 Å². The Bertz CT molecular complexity index is 955. The van der Waals surface area contributed by atoms with Gasteiger partial charge in [0.1, 0.15) is 11.6 Å². The van der Waals surface area contributed by atoms with Crippen LogP contribution in [0.3, 0.4) is 0 Å². The van der Waals surface area contributed by atoms with Gasteiger partial charge in [0.25, 0.3) is 0 Å². The van der Waals surface area contributed by atoms with Gasteiger partial charge in [-0.05, 0) is 56.6 Å². The Hall–Kier alpha value is -2.51. The Labute approximate surface area is 159 Å². The fourth-order valence-corrected chi connectivity index (χ4v) is 3.57.